The van der Waals surface area contributed by atoms with Crippen molar-refractivity contribution in [2.24, 2.45) is 16.6 Å². The van der Waals surface area contributed by atoms with Crippen molar-refractivity contribution >= 4 is 22.7 Å². The molecule has 1 aromatic carbocycles. The van der Waals surface area contributed by atoms with Gasteiger partial charge in [-0.3, -0.25) is 9.79 Å². The van der Waals surface area contributed by atoms with Crippen molar-refractivity contribution < 1.29 is 35.9 Å². The van der Waals surface area contributed by atoms with Gasteiger partial charge in [-0.05, 0) is 31.0 Å². The third-order valence-electron chi connectivity index (χ3n) is 5.88. The molecule has 2 heterocycles. The van der Waals surface area contributed by atoms with Gasteiger partial charge in [0.1, 0.15) is 12.4 Å². The van der Waals surface area contributed by atoms with Crippen LogP contribution in [0.4, 0.5) is 26.3 Å². The van der Waals surface area contributed by atoms with Crippen molar-refractivity contribution in [3.63, 3.8) is 0 Å². The molecule has 3 atom stereocenters. The van der Waals surface area contributed by atoms with Crippen LogP contribution in [0.5, 0.6) is 5.88 Å². The molecule has 4 rings (SSSR count). The summed E-state index contributed by atoms with van der Waals surface area (Å²) in [6, 6.07) is 2.15. The van der Waals surface area contributed by atoms with E-state index in [9.17, 15) is 31.1 Å². The topological polar surface area (TPSA) is 90.5 Å². The van der Waals surface area contributed by atoms with Crippen molar-refractivity contribution in [1.82, 2.24) is 9.97 Å². The number of carbonyl (C=O) groups is 1. The van der Waals surface area contributed by atoms with Crippen LogP contribution in [0.1, 0.15) is 35.0 Å². The Bertz CT molecular complexity index is 1160. The smallest absolute Gasteiger partial charge is 0.422 e. The number of hydrogen-bond donors (Lipinski definition) is 1. The van der Waals surface area contributed by atoms with Crippen LogP contribution in [0.3, 0.4) is 0 Å². The van der Waals surface area contributed by atoms with Gasteiger partial charge in [-0.1, -0.05) is 11.8 Å². The largest absolute Gasteiger partial charge is 0.467 e. The van der Waals surface area contributed by atoms with Gasteiger partial charge < -0.3 is 10.5 Å². The number of fused-ring (bicyclic) bond motifs is 1. The molecule has 1 aliphatic heterocycles. The van der Waals surface area contributed by atoms with Crippen molar-refractivity contribution in [3.8, 4) is 5.88 Å². The van der Waals surface area contributed by atoms with E-state index >= 15 is 0 Å². The van der Waals surface area contributed by atoms with Crippen LogP contribution in [0.25, 0.3) is 0 Å². The summed E-state index contributed by atoms with van der Waals surface area (Å²) >= 11 is 1.08. The fraction of sp³-hybridized carbons (Fsp3) is 0.429. The number of aromatic nitrogens is 2. The van der Waals surface area contributed by atoms with E-state index in [2.05, 4.69) is 19.7 Å². The first-order valence-corrected chi connectivity index (χ1v) is 10.8. The Balaban J connectivity index is 1.56. The lowest BCUT2D eigenvalue weighted by atomic mass is 9.84. The predicted octanol–water partition coefficient (Wildman–Crippen LogP) is 4.13. The molecule has 1 saturated carbocycles. The summed E-state index contributed by atoms with van der Waals surface area (Å²) < 4.78 is 83.2. The van der Waals surface area contributed by atoms with Gasteiger partial charge >= 0.3 is 6.18 Å². The summed E-state index contributed by atoms with van der Waals surface area (Å²) in [6.07, 6.45) is -2.79. The van der Waals surface area contributed by atoms with E-state index in [1.165, 1.54) is 6.07 Å². The van der Waals surface area contributed by atoms with Crippen LogP contribution >= 0.6 is 11.8 Å². The van der Waals surface area contributed by atoms with E-state index in [1.54, 1.807) is 6.92 Å². The zero-order valence-electron chi connectivity index (χ0n) is 17.6. The first-order valence-electron chi connectivity index (χ1n) is 10.0. The molecule has 1 fully saturated rings. The highest BCUT2D eigenvalue weighted by molar-refractivity contribution is 8.15. The van der Waals surface area contributed by atoms with Gasteiger partial charge in [0.05, 0.1) is 22.7 Å². The van der Waals surface area contributed by atoms with Crippen LogP contribution in [-0.4, -0.2) is 45.1 Å². The average molecular weight is 504 g/mol. The fourth-order valence-corrected chi connectivity index (χ4v) is 5.48. The number of ketones is 1. The van der Waals surface area contributed by atoms with Gasteiger partial charge in [0.25, 0.3) is 0 Å². The van der Waals surface area contributed by atoms with Crippen LogP contribution < -0.4 is 10.5 Å². The Morgan fingerprint density at radius 1 is 1.26 bits per heavy atom. The number of carbonyl (C=O) groups excluding carboxylic acids is 1. The molecule has 1 aliphatic carbocycles. The molecule has 1 aromatic heterocycles. The maximum atomic E-state index is 14.8. The quantitative estimate of drug-likeness (QED) is 0.451. The second-order valence-corrected chi connectivity index (χ2v) is 9.77. The number of aliphatic imine (C=N–C) groups is 1. The van der Waals surface area contributed by atoms with Gasteiger partial charge in [0, 0.05) is 17.9 Å². The Hall–Kier alpha value is -2.83. The molecule has 0 saturated heterocycles. The molecule has 0 unspecified atom stereocenters. The molecule has 0 amide bonds. The number of nitrogens with zero attached hydrogens (tertiary/aromatic N) is 3. The highest BCUT2D eigenvalue weighted by Crippen LogP contribution is 2.66. The summed E-state index contributed by atoms with van der Waals surface area (Å²) in [5.41, 5.74) is 4.31. The molecule has 182 valence electrons. The second-order valence-electron chi connectivity index (χ2n) is 8.34. The maximum Gasteiger partial charge on any atom is 0.422 e. The average Bonchev–Trinajstić information content (AvgIpc) is 3.50. The third-order valence-corrected chi connectivity index (χ3v) is 7.14. The summed E-state index contributed by atoms with van der Waals surface area (Å²) in [5.74, 6) is -3.83. The molecule has 34 heavy (non-hydrogen) atoms. The van der Waals surface area contributed by atoms with E-state index in [1.807, 2.05) is 0 Å². The number of halogens is 6. The highest BCUT2D eigenvalue weighted by atomic mass is 32.2. The zero-order valence-corrected chi connectivity index (χ0v) is 18.4. The summed E-state index contributed by atoms with van der Waals surface area (Å²) in [7, 11) is 0. The Morgan fingerprint density at radius 2 is 2.00 bits per heavy atom. The number of hydrogen-bond acceptors (Lipinski definition) is 7. The summed E-state index contributed by atoms with van der Waals surface area (Å²) in [4.78, 5) is 24.2. The van der Waals surface area contributed by atoms with Gasteiger partial charge in [-0.15, -0.1) is 0 Å². The summed E-state index contributed by atoms with van der Waals surface area (Å²) in [5, 5.41) is 0.0679. The Kier molecular flexibility index (Phi) is 6.03. The Labute approximate surface area is 194 Å². The zero-order chi connectivity index (χ0) is 24.9. The van der Waals surface area contributed by atoms with Gasteiger partial charge in [0.2, 0.25) is 5.88 Å². The van der Waals surface area contributed by atoms with Gasteiger partial charge in [-0.25, -0.2) is 23.1 Å². The first kappa shape index (κ1) is 24.3. The van der Waals surface area contributed by atoms with E-state index in [0.29, 0.717) is 6.42 Å². The lowest BCUT2D eigenvalue weighted by molar-refractivity contribution is -0.154. The minimum atomic E-state index is -4.56. The number of nitrogens with two attached hydrogens (primary N) is 1. The molecular weight excluding hydrogens is 486 g/mol. The number of ether oxygens (including phenoxy) is 1. The monoisotopic (exact) mass is 504 g/mol. The molecule has 2 aromatic rings. The standard InChI is InChI=1S/C21H18F6N4O2S/c1-19(15-5-20(15,8-22)34-18(28)31-19)11-2-10(3-12(23)17(11)24)4-14(32)13-6-30-16(7-29-13)33-9-21(25,26)27/h2-3,6-7,15H,4-5,8-9H2,1H3,(H2,28,31)/t15-,19+,20+/m0/s1. The molecule has 0 bridgehead atoms. The molecule has 0 radical (unpaired) electrons. The molecule has 13 heteroatoms. The first-order chi connectivity index (χ1) is 15.9. The number of amidine groups is 1. The fourth-order valence-electron chi connectivity index (χ4n) is 4.15. The van der Waals surface area contributed by atoms with Crippen molar-refractivity contribution in [1.29, 1.82) is 0 Å². The number of thioether (sulfide) groups is 1. The van der Waals surface area contributed by atoms with Gasteiger partial charge in [0.15, 0.2) is 29.2 Å². The number of Topliss-reactive ketones (excluding diaryl/α,β-unsaturated/α-hetero) is 1. The molecule has 6 nitrogen and oxygen atoms in total. The summed E-state index contributed by atoms with van der Waals surface area (Å²) in [6.45, 7) is -0.713. The number of rotatable bonds is 7. The van der Waals surface area contributed by atoms with Crippen LogP contribution in [0.2, 0.25) is 0 Å². The molecular formula is C21H18F6N4O2S. The third kappa shape index (κ3) is 4.57. The molecule has 2 aliphatic rings. The number of alkyl halides is 4. The lowest BCUT2D eigenvalue weighted by Crippen LogP contribution is -2.37. The second kappa shape index (κ2) is 8.43. The minimum Gasteiger partial charge on any atom is -0.467 e. The van der Waals surface area contributed by atoms with Gasteiger partial charge in [-0.2, -0.15) is 13.2 Å². The predicted molar refractivity (Wildman–Crippen MR) is 111 cm³/mol. The SMILES string of the molecule is C[C@]1(c2cc(CC(=O)c3cnc(OCC(F)(F)F)cn3)cc(F)c2F)N=C(N)S[C@@]2(CF)C[C@H]21. The number of benzene rings is 1. The van der Waals surface area contributed by atoms with Crippen molar-refractivity contribution in [3.05, 3.63) is 53.0 Å². The van der Waals surface area contributed by atoms with E-state index in [-0.39, 0.29) is 22.0 Å². The molecule has 0 spiro atoms. The molecule has 2 N–H and O–H groups in total. The van der Waals surface area contributed by atoms with Crippen molar-refractivity contribution in [2.75, 3.05) is 13.3 Å². The van der Waals surface area contributed by atoms with Crippen LogP contribution in [0, 0.1) is 17.6 Å². The minimum absolute atomic E-state index is 0.0679. The van der Waals surface area contributed by atoms with Crippen LogP contribution in [0.15, 0.2) is 29.5 Å². The Morgan fingerprint density at radius 3 is 2.62 bits per heavy atom. The van der Waals surface area contributed by atoms with Crippen LogP contribution in [-0.2, 0) is 12.0 Å². The normalized spacial score (nSPS) is 26.0. The van der Waals surface area contributed by atoms with E-state index < -0.39 is 65.4 Å². The lowest BCUT2D eigenvalue weighted by Gasteiger charge is -2.33. The maximum absolute atomic E-state index is 14.8. The van der Waals surface area contributed by atoms with E-state index in [0.717, 1.165) is 30.2 Å². The van der Waals surface area contributed by atoms with E-state index in [4.69, 9.17) is 5.73 Å². The highest BCUT2D eigenvalue weighted by Gasteiger charge is 2.66. The van der Waals surface area contributed by atoms with Crippen molar-refractivity contribution in [2.45, 2.75) is 36.2 Å².